The van der Waals surface area contributed by atoms with Crippen molar-refractivity contribution >= 4 is 29.9 Å². The number of likely N-dealkylation sites (tertiary alicyclic amines) is 1. The van der Waals surface area contributed by atoms with Crippen LogP contribution in [0.25, 0.3) is 0 Å². The third kappa shape index (κ3) is 7.73. The maximum atomic E-state index is 11.9. The summed E-state index contributed by atoms with van der Waals surface area (Å²) in [5, 5.41) is 6.87. The van der Waals surface area contributed by atoms with Crippen molar-refractivity contribution in [2.24, 2.45) is 4.99 Å². The second-order valence-electron chi connectivity index (χ2n) is 8.08. The lowest BCUT2D eigenvalue weighted by Crippen LogP contribution is -2.54. The van der Waals surface area contributed by atoms with E-state index in [1.54, 1.807) is 6.07 Å². The molecule has 0 radical (unpaired) electrons. The number of aromatic nitrogens is 1. The number of aliphatic imine (C=N–C) groups is 1. The zero-order valence-electron chi connectivity index (χ0n) is 18.0. The molecule has 0 aromatic carbocycles. The van der Waals surface area contributed by atoms with Gasteiger partial charge in [-0.2, -0.15) is 0 Å². The third-order valence-electron chi connectivity index (χ3n) is 5.49. The molecule has 0 atom stereocenters. The van der Waals surface area contributed by atoms with Crippen LogP contribution >= 0.6 is 24.0 Å². The number of guanidine groups is 1. The largest absolute Gasteiger partial charge is 0.356 e. The van der Waals surface area contributed by atoms with Crippen LogP contribution < -0.4 is 16.2 Å². The van der Waals surface area contributed by atoms with Crippen LogP contribution in [0.2, 0.25) is 0 Å². The first kappa shape index (κ1) is 24.9. The van der Waals surface area contributed by atoms with Crippen molar-refractivity contribution in [1.29, 1.82) is 0 Å². The maximum Gasteiger partial charge on any atom is 0.250 e. The van der Waals surface area contributed by atoms with Crippen molar-refractivity contribution in [3.8, 4) is 0 Å². The number of nitrogens with one attached hydrogen (secondary N) is 2. The van der Waals surface area contributed by atoms with Crippen LogP contribution in [0.15, 0.2) is 28.0 Å². The number of pyridine rings is 1. The van der Waals surface area contributed by atoms with E-state index in [1.165, 1.54) is 32.4 Å². The number of rotatable bonds is 8. The minimum Gasteiger partial charge on any atom is -0.356 e. The van der Waals surface area contributed by atoms with E-state index < -0.39 is 0 Å². The highest BCUT2D eigenvalue weighted by Gasteiger charge is 2.27. The van der Waals surface area contributed by atoms with E-state index in [1.807, 2.05) is 30.7 Å². The fraction of sp³-hybridized carbons (Fsp3) is 0.714. The molecule has 2 heterocycles. The average Bonchev–Trinajstić information content (AvgIpc) is 2.66. The smallest absolute Gasteiger partial charge is 0.250 e. The summed E-state index contributed by atoms with van der Waals surface area (Å²) in [7, 11) is 1.82. The molecule has 2 N–H and O–H groups in total. The minimum atomic E-state index is 0. The zero-order valence-corrected chi connectivity index (χ0v) is 20.3. The van der Waals surface area contributed by atoms with Crippen molar-refractivity contribution < 1.29 is 0 Å². The second-order valence-corrected chi connectivity index (χ2v) is 8.08. The normalized spacial score (nSPS) is 15.8. The molecule has 2 rings (SSSR count). The van der Waals surface area contributed by atoms with E-state index >= 15 is 0 Å². The van der Waals surface area contributed by atoms with Crippen LogP contribution in [0, 0.1) is 6.92 Å². The average molecular weight is 503 g/mol. The Labute approximate surface area is 187 Å². The fourth-order valence-corrected chi connectivity index (χ4v) is 3.64. The van der Waals surface area contributed by atoms with Gasteiger partial charge < -0.3 is 15.2 Å². The fourth-order valence-electron chi connectivity index (χ4n) is 3.64. The number of nitrogens with zero attached hydrogens (tertiary/aromatic N) is 3. The molecule has 1 aromatic heterocycles. The van der Waals surface area contributed by atoms with Gasteiger partial charge in [-0.05, 0) is 65.6 Å². The number of hydrogen-bond donors (Lipinski definition) is 2. The Kier molecular flexibility index (Phi) is 11.1. The van der Waals surface area contributed by atoms with E-state index in [9.17, 15) is 4.79 Å². The number of hydrogen-bond acceptors (Lipinski definition) is 3. The van der Waals surface area contributed by atoms with Gasteiger partial charge in [-0.1, -0.05) is 12.5 Å². The Bertz CT molecular complexity index is 665. The number of piperidine rings is 1. The van der Waals surface area contributed by atoms with Crippen molar-refractivity contribution in [2.45, 2.75) is 65.0 Å². The minimum absolute atomic E-state index is 0. The monoisotopic (exact) mass is 503 g/mol. The van der Waals surface area contributed by atoms with Crippen molar-refractivity contribution in [2.75, 3.05) is 33.2 Å². The van der Waals surface area contributed by atoms with Gasteiger partial charge in [0, 0.05) is 44.0 Å². The highest BCUT2D eigenvalue weighted by Crippen LogP contribution is 2.19. The predicted molar refractivity (Wildman–Crippen MR) is 129 cm³/mol. The van der Waals surface area contributed by atoms with E-state index in [-0.39, 0.29) is 35.1 Å². The molecule has 0 amide bonds. The van der Waals surface area contributed by atoms with E-state index in [2.05, 4.69) is 34.4 Å². The van der Waals surface area contributed by atoms with Crippen molar-refractivity contribution in [1.82, 2.24) is 20.1 Å². The van der Waals surface area contributed by atoms with Gasteiger partial charge in [-0.15, -0.1) is 24.0 Å². The summed E-state index contributed by atoms with van der Waals surface area (Å²) in [4.78, 5) is 18.8. The molecule has 1 saturated heterocycles. The molecular formula is C21H38IN5O. The first-order valence-electron chi connectivity index (χ1n) is 10.3. The van der Waals surface area contributed by atoms with Crippen LogP contribution in [0.4, 0.5) is 0 Å². The molecule has 1 aliphatic heterocycles. The predicted octanol–water partition coefficient (Wildman–Crippen LogP) is 2.98. The summed E-state index contributed by atoms with van der Waals surface area (Å²) < 4.78 is 1.84. The molecule has 0 spiro atoms. The summed E-state index contributed by atoms with van der Waals surface area (Å²) in [6.45, 7) is 11.5. The van der Waals surface area contributed by atoms with E-state index in [0.717, 1.165) is 44.1 Å². The molecule has 1 aliphatic rings. The lowest BCUT2D eigenvalue weighted by molar-refractivity contribution is 0.0982. The Morgan fingerprint density at radius 3 is 2.50 bits per heavy atom. The van der Waals surface area contributed by atoms with Gasteiger partial charge in [0.2, 0.25) is 0 Å². The van der Waals surface area contributed by atoms with Crippen LogP contribution in [0.1, 0.15) is 51.6 Å². The molecule has 6 nitrogen and oxygen atoms in total. The van der Waals surface area contributed by atoms with Gasteiger partial charge in [0.05, 0.1) is 0 Å². The van der Waals surface area contributed by atoms with Crippen LogP contribution in [-0.2, 0) is 6.54 Å². The molecular weight excluding hydrogens is 465 g/mol. The van der Waals surface area contributed by atoms with Gasteiger partial charge in [0.1, 0.15) is 0 Å². The van der Waals surface area contributed by atoms with Gasteiger partial charge >= 0.3 is 0 Å². The molecule has 28 heavy (non-hydrogen) atoms. The number of aryl methyl sites for hydroxylation is 1. The molecule has 7 heteroatoms. The molecule has 0 saturated carbocycles. The maximum absolute atomic E-state index is 11.9. The van der Waals surface area contributed by atoms with Gasteiger partial charge in [-0.25, -0.2) is 0 Å². The summed E-state index contributed by atoms with van der Waals surface area (Å²) in [6, 6.07) is 5.42. The second kappa shape index (κ2) is 12.5. The van der Waals surface area contributed by atoms with Gasteiger partial charge in [0.25, 0.3) is 5.56 Å². The van der Waals surface area contributed by atoms with Gasteiger partial charge in [0.15, 0.2) is 5.96 Å². The van der Waals surface area contributed by atoms with E-state index in [4.69, 9.17) is 0 Å². The Balaban J connectivity index is 0.00000392. The first-order chi connectivity index (χ1) is 12.9. The number of halogens is 1. The summed E-state index contributed by atoms with van der Waals surface area (Å²) in [5.74, 6) is 0.855. The summed E-state index contributed by atoms with van der Waals surface area (Å²) >= 11 is 0. The molecule has 1 fully saturated rings. The van der Waals surface area contributed by atoms with Gasteiger partial charge in [-0.3, -0.25) is 14.7 Å². The van der Waals surface area contributed by atoms with Crippen molar-refractivity contribution in [3.63, 3.8) is 0 Å². The number of unbranched alkanes of at least 4 members (excludes halogenated alkanes) is 1. The molecule has 160 valence electrons. The lowest BCUT2D eigenvalue weighted by Gasteiger charge is -2.41. The van der Waals surface area contributed by atoms with Crippen LogP contribution in [-0.4, -0.2) is 54.2 Å². The highest BCUT2D eigenvalue weighted by molar-refractivity contribution is 14.0. The topological polar surface area (TPSA) is 61.7 Å². The SMILES string of the molecule is CN=C(NCCCCn1c(C)cccc1=O)NCC(C)(C)N1CCCCC1.I. The van der Waals surface area contributed by atoms with Crippen LogP contribution in [0.5, 0.6) is 0 Å². The standard InChI is InChI=1S/C21H37N5O.HI/c1-18-11-10-12-19(27)26(18)16-9-6-13-23-20(22-4)24-17-21(2,3)25-14-7-5-8-15-25;/h10-12H,5-9,13-17H2,1-4H3,(H2,22,23,24);1H. The zero-order chi connectivity index (χ0) is 19.7. The summed E-state index contributed by atoms with van der Waals surface area (Å²) in [6.07, 6.45) is 5.93. The first-order valence-corrected chi connectivity index (χ1v) is 10.3. The quantitative estimate of drug-likeness (QED) is 0.248. The summed E-state index contributed by atoms with van der Waals surface area (Å²) in [5.41, 5.74) is 1.23. The van der Waals surface area contributed by atoms with Crippen LogP contribution in [0.3, 0.4) is 0 Å². The Hall–Kier alpha value is -1.09. The highest BCUT2D eigenvalue weighted by atomic mass is 127. The molecule has 1 aromatic rings. The lowest BCUT2D eigenvalue weighted by atomic mass is 9.98. The Morgan fingerprint density at radius 1 is 1.14 bits per heavy atom. The van der Waals surface area contributed by atoms with E-state index in [0.29, 0.717) is 0 Å². The third-order valence-corrected chi connectivity index (χ3v) is 5.49. The molecule has 0 bridgehead atoms. The molecule has 0 unspecified atom stereocenters. The Morgan fingerprint density at radius 2 is 1.86 bits per heavy atom. The molecule has 0 aliphatic carbocycles. The van der Waals surface area contributed by atoms with Crippen molar-refractivity contribution in [3.05, 3.63) is 34.2 Å².